The smallest absolute Gasteiger partial charge is 0.326 e. The van der Waals surface area contributed by atoms with Gasteiger partial charge in [-0.3, -0.25) is 9.59 Å². The Morgan fingerprint density at radius 2 is 1.92 bits per heavy atom. The molecule has 0 aromatic heterocycles. The molecule has 0 amide bonds. The summed E-state index contributed by atoms with van der Waals surface area (Å²) in [6.07, 6.45) is -2.48. The van der Waals surface area contributed by atoms with Crippen molar-refractivity contribution in [2.45, 2.75) is 24.4 Å². The molecule has 130 valence electrons. The predicted molar refractivity (Wildman–Crippen MR) is 83.7 cm³/mol. The molecule has 0 bridgehead atoms. The van der Waals surface area contributed by atoms with E-state index < -0.39 is 47.4 Å². The summed E-state index contributed by atoms with van der Waals surface area (Å²) < 4.78 is 5.55. The van der Waals surface area contributed by atoms with Gasteiger partial charge in [-0.25, -0.2) is 0 Å². The summed E-state index contributed by atoms with van der Waals surface area (Å²) in [5.41, 5.74) is 4.64. The van der Waals surface area contributed by atoms with Crippen LogP contribution in [-0.4, -0.2) is 45.0 Å². The van der Waals surface area contributed by atoms with E-state index in [0.717, 1.165) is 0 Å². The highest BCUT2D eigenvalue weighted by molar-refractivity contribution is 6.42. The molecule has 0 saturated heterocycles. The van der Waals surface area contributed by atoms with Crippen molar-refractivity contribution >= 4 is 35.1 Å². The Kier molecular flexibility index (Phi) is 4.26. The van der Waals surface area contributed by atoms with E-state index in [4.69, 9.17) is 38.8 Å². The number of ether oxygens (including phenoxy) is 1. The van der Waals surface area contributed by atoms with Gasteiger partial charge < -0.3 is 25.8 Å². The third kappa shape index (κ3) is 2.48. The van der Waals surface area contributed by atoms with Crippen molar-refractivity contribution in [1.82, 2.24) is 0 Å². The van der Waals surface area contributed by atoms with Gasteiger partial charge in [-0.1, -0.05) is 29.3 Å². The molecule has 6 unspecified atom stereocenters. The maximum atomic E-state index is 11.6. The molecule has 2 aliphatic carbocycles. The molecule has 0 radical (unpaired) electrons. The van der Waals surface area contributed by atoms with E-state index in [-0.39, 0.29) is 6.61 Å². The number of hydrogen-bond acceptors (Lipinski definition) is 5. The number of fused-ring (bicyclic) bond motifs is 1. The number of aliphatic carboxylic acids is 2. The van der Waals surface area contributed by atoms with E-state index in [0.29, 0.717) is 15.6 Å². The molecule has 0 aliphatic heterocycles. The Labute approximate surface area is 146 Å². The minimum Gasteiger partial charge on any atom is -0.481 e. The molecule has 3 rings (SSSR count). The summed E-state index contributed by atoms with van der Waals surface area (Å²) >= 11 is 11.7. The van der Waals surface area contributed by atoms with Gasteiger partial charge in [0.25, 0.3) is 0 Å². The lowest BCUT2D eigenvalue weighted by Crippen LogP contribution is -2.61. The van der Waals surface area contributed by atoms with Crippen LogP contribution < -0.4 is 5.73 Å². The Morgan fingerprint density at radius 3 is 2.46 bits per heavy atom. The van der Waals surface area contributed by atoms with Crippen LogP contribution in [0.4, 0.5) is 0 Å². The van der Waals surface area contributed by atoms with Gasteiger partial charge in [0.1, 0.15) is 11.6 Å². The molecule has 0 spiro atoms. The summed E-state index contributed by atoms with van der Waals surface area (Å²) in [5, 5.41) is 29.6. The lowest BCUT2D eigenvalue weighted by Gasteiger charge is -2.32. The normalized spacial score (nSPS) is 37.1. The first-order valence-corrected chi connectivity index (χ1v) is 7.93. The molecule has 7 nitrogen and oxygen atoms in total. The van der Waals surface area contributed by atoms with Gasteiger partial charge >= 0.3 is 11.9 Å². The zero-order valence-corrected chi connectivity index (χ0v) is 13.7. The van der Waals surface area contributed by atoms with E-state index in [1.54, 1.807) is 18.2 Å². The van der Waals surface area contributed by atoms with Crippen molar-refractivity contribution in [3.05, 3.63) is 33.8 Å². The minimum atomic E-state index is -1.95. The fourth-order valence-corrected chi connectivity index (χ4v) is 4.00. The van der Waals surface area contributed by atoms with Crippen LogP contribution in [0.2, 0.25) is 10.0 Å². The summed E-state index contributed by atoms with van der Waals surface area (Å²) in [5.74, 6) is -5.10. The number of aliphatic hydroxyl groups excluding tert-OH is 1. The molecular weight excluding hydrogens is 361 g/mol. The topological polar surface area (TPSA) is 130 Å². The maximum absolute atomic E-state index is 11.6. The van der Waals surface area contributed by atoms with E-state index >= 15 is 0 Å². The number of rotatable bonds is 5. The summed E-state index contributed by atoms with van der Waals surface area (Å²) in [4.78, 5) is 22.8. The van der Waals surface area contributed by atoms with Crippen LogP contribution in [0, 0.1) is 17.8 Å². The van der Waals surface area contributed by atoms with E-state index in [1.165, 1.54) is 0 Å². The van der Waals surface area contributed by atoms with Crippen molar-refractivity contribution < 1.29 is 29.6 Å². The predicted octanol–water partition coefficient (Wildman–Crippen LogP) is 0.982. The molecule has 1 aromatic carbocycles. The standard InChI is InChI=1S/C15H15Cl2NO6/c16-6-2-1-5(3-7(6)17)4-24-12-11(19)8-9(13(20)21)10(8)15(12,18)14(22)23/h1-3,8-12,19H,4,18H2,(H,20,21)(H,22,23). The van der Waals surface area contributed by atoms with Crippen LogP contribution in [-0.2, 0) is 20.9 Å². The van der Waals surface area contributed by atoms with Crippen molar-refractivity contribution in [2.24, 2.45) is 23.5 Å². The molecule has 5 N–H and O–H groups in total. The monoisotopic (exact) mass is 375 g/mol. The highest BCUT2D eigenvalue weighted by atomic mass is 35.5. The minimum absolute atomic E-state index is 0.0397. The van der Waals surface area contributed by atoms with Crippen LogP contribution in [0.3, 0.4) is 0 Å². The molecule has 2 saturated carbocycles. The molecule has 2 fully saturated rings. The molecule has 1 aromatic rings. The highest BCUT2D eigenvalue weighted by Crippen LogP contribution is 2.62. The number of halogens is 2. The van der Waals surface area contributed by atoms with Gasteiger partial charge in [-0.15, -0.1) is 0 Å². The van der Waals surface area contributed by atoms with E-state index in [1.807, 2.05) is 0 Å². The number of hydrogen-bond donors (Lipinski definition) is 4. The van der Waals surface area contributed by atoms with Gasteiger partial charge in [0, 0.05) is 11.8 Å². The number of carbonyl (C=O) groups is 2. The Balaban J connectivity index is 1.79. The molecule has 2 aliphatic rings. The summed E-state index contributed by atoms with van der Waals surface area (Å²) in [6, 6.07) is 4.78. The number of aliphatic hydroxyl groups is 1. The lowest BCUT2D eigenvalue weighted by atomic mass is 9.88. The Bertz CT molecular complexity index is 713. The Hall–Kier alpha value is -1.38. The number of nitrogens with two attached hydrogens (primary N) is 1. The van der Waals surface area contributed by atoms with Gasteiger partial charge in [0.2, 0.25) is 0 Å². The fourth-order valence-electron chi connectivity index (χ4n) is 3.68. The first-order valence-electron chi connectivity index (χ1n) is 7.18. The second-order valence-electron chi connectivity index (χ2n) is 6.18. The first kappa shape index (κ1) is 17.4. The quantitative estimate of drug-likeness (QED) is 0.603. The van der Waals surface area contributed by atoms with Crippen LogP contribution in [0.5, 0.6) is 0 Å². The van der Waals surface area contributed by atoms with Crippen LogP contribution in [0.15, 0.2) is 18.2 Å². The molecule has 0 heterocycles. The van der Waals surface area contributed by atoms with Crippen LogP contribution >= 0.6 is 23.2 Å². The Morgan fingerprint density at radius 1 is 1.25 bits per heavy atom. The third-order valence-corrected chi connectivity index (χ3v) is 5.61. The third-order valence-electron chi connectivity index (χ3n) is 4.87. The van der Waals surface area contributed by atoms with Crippen molar-refractivity contribution in [1.29, 1.82) is 0 Å². The van der Waals surface area contributed by atoms with Gasteiger partial charge in [-0.2, -0.15) is 0 Å². The van der Waals surface area contributed by atoms with Gasteiger partial charge in [0.05, 0.1) is 28.7 Å². The zero-order valence-electron chi connectivity index (χ0n) is 12.2. The number of carboxylic acids is 2. The van der Waals surface area contributed by atoms with Gasteiger partial charge in [-0.05, 0) is 17.7 Å². The van der Waals surface area contributed by atoms with E-state index in [2.05, 4.69) is 0 Å². The van der Waals surface area contributed by atoms with Crippen molar-refractivity contribution in [3.63, 3.8) is 0 Å². The molecule has 24 heavy (non-hydrogen) atoms. The van der Waals surface area contributed by atoms with E-state index in [9.17, 15) is 19.8 Å². The maximum Gasteiger partial charge on any atom is 0.326 e. The summed E-state index contributed by atoms with van der Waals surface area (Å²) in [7, 11) is 0. The molecular formula is C15H15Cl2NO6. The van der Waals surface area contributed by atoms with Gasteiger partial charge in [0.15, 0.2) is 0 Å². The second-order valence-corrected chi connectivity index (χ2v) is 6.99. The number of carboxylic acid groups (broad SMARTS) is 2. The average molecular weight is 376 g/mol. The fraction of sp³-hybridized carbons (Fsp3) is 0.467. The summed E-state index contributed by atoms with van der Waals surface area (Å²) in [6.45, 7) is -0.0397. The average Bonchev–Trinajstić information content (AvgIpc) is 3.21. The zero-order chi connectivity index (χ0) is 17.8. The van der Waals surface area contributed by atoms with Crippen LogP contribution in [0.25, 0.3) is 0 Å². The number of benzene rings is 1. The van der Waals surface area contributed by atoms with Crippen molar-refractivity contribution in [3.8, 4) is 0 Å². The SMILES string of the molecule is NC1(C(=O)O)C(OCc2ccc(Cl)c(Cl)c2)C(O)C2C(C(=O)O)C21. The second kappa shape index (κ2) is 5.86. The molecule has 9 heteroatoms. The van der Waals surface area contributed by atoms with Crippen LogP contribution in [0.1, 0.15) is 5.56 Å². The largest absolute Gasteiger partial charge is 0.481 e. The molecule has 6 atom stereocenters. The highest BCUT2D eigenvalue weighted by Gasteiger charge is 2.78. The first-order chi connectivity index (χ1) is 11.2. The van der Waals surface area contributed by atoms with Crippen molar-refractivity contribution in [2.75, 3.05) is 0 Å². The lowest BCUT2D eigenvalue weighted by molar-refractivity contribution is -0.157.